The van der Waals surface area contributed by atoms with Crippen LogP contribution in [0.2, 0.25) is 0 Å². The lowest BCUT2D eigenvalue weighted by Crippen LogP contribution is -2.40. The molecule has 2 rings (SSSR count). The summed E-state index contributed by atoms with van der Waals surface area (Å²) in [6.07, 6.45) is 5.87. The van der Waals surface area contributed by atoms with Gasteiger partial charge in [-0.3, -0.25) is 9.69 Å². The number of nitrogens with zero attached hydrogens (tertiary/aromatic N) is 1. The molecule has 0 spiro atoms. The summed E-state index contributed by atoms with van der Waals surface area (Å²) >= 11 is 0. The maximum atomic E-state index is 11.0. The normalized spacial score (nSPS) is 17.1. The van der Waals surface area contributed by atoms with Crippen LogP contribution in [0, 0.1) is 0 Å². The highest BCUT2D eigenvalue weighted by molar-refractivity contribution is 5.81. The van der Waals surface area contributed by atoms with Gasteiger partial charge in [-0.05, 0) is 45.3 Å². The van der Waals surface area contributed by atoms with Crippen molar-refractivity contribution in [3.05, 3.63) is 35.9 Å². The number of hydrogen-bond donors (Lipinski definition) is 0. The molecule has 1 aliphatic rings. The van der Waals surface area contributed by atoms with Crippen LogP contribution >= 0.6 is 0 Å². The van der Waals surface area contributed by atoms with Gasteiger partial charge in [-0.1, -0.05) is 63.9 Å². The van der Waals surface area contributed by atoms with E-state index in [2.05, 4.69) is 37.8 Å². The molecule has 1 fully saturated rings. The zero-order chi connectivity index (χ0) is 18.2. The first-order chi connectivity index (χ1) is 11.6. The van der Waals surface area contributed by atoms with Crippen molar-refractivity contribution < 1.29 is 9.53 Å². The van der Waals surface area contributed by atoms with E-state index >= 15 is 0 Å². The molecule has 0 N–H and O–H groups in total. The molecule has 0 aliphatic carbocycles. The average molecular weight is 336 g/mol. The van der Waals surface area contributed by atoms with Crippen molar-refractivity contribution in [3.63, 3.8) is 0 Å². The van der Waals surface area contributed by atoms with Gasteiger partial charge < -0.3 is 4.74 Å². The predicted molar refractivity (Wildman–Crippen MR) is 103 cm³/mol. The first-order valence-electron chi connectivity index (χ1n) is 9.39. The standard InChI is InChI=1S/C10H14O.C8H15NO.C3H8/c1-2-8-11-9-10-6-4-3-5-7-10;1-7(10)8-5-3-4-6-9(8)2;1-3-2/h3-7H,2,8-9H2,1H3;8H,3-6H2,1-2H3;3H2,1-2H3. The van der Waals surface area contributed by atoms with E-state index in [-0.39, 0.29) is 6.04 Å². The number of carbonyl (C=O) groups is 1. The van der Waals surface area contributed by atoms with Crippen LogP contribution in [0.4, 0.5) is 0 Å². The SMILES string of the molecule is CC(=O)C1CCCCN1C.CCC.CCCOCc1ccccc1. The van der Waals surface area contributed by atoms with Gasteiger partial charge in [-0.2, -0.15) is 0 Å². The highest BCUT2D eigenvalue weighted by atomic mass is 16.5. The third-order valence-corrected chi connectivity index (χ3v) is 3.70. The predicted octanol–water partition coefficient (Wildman–Crippen LogP) is 5.09. The van der Waals surface area contributed by atoms with Gasteiger partial charge in [0.25, 0.3) is 0 Å². The second-order valence-electron chi connectivity index (χ2n) is 6.35. The zero-order valence-corrected chi connectivity index (χ0v) is 16.4. The Balaban J connectivity index is 0.000000381. The summed E-state index contributed by atoms with van der Waals surface area (Å²) in [6, 6.07) is 10.5. The second kappa shape index (κ2) is 15.3. The largest absolute Gasteiger partial charge is 0.377 e. The molecule has 1 heterocycles. The molecular weight excluding hydrogens is 298 g/mol. The van der Waals surface area contributed by atoms with Crippen molar-refractivity contribution in [2.75, 3.05) is 20.2 Å². The summed E-state index contributed by atoms with van der Waals surface area (Å²) in [5, 5.41) is 0. The van der Waals surface area contributed by atoms with Crippen LogP contribution in [-0.4, -0.2) is 36.9 Å². The summed E-state index contributed by atoms with van der Waals surface area (Å²) in [5.41, 5.74) is 1.25. The maximum absolute atomic E-state index is 11.0. The average Bonchev–Trinajstić information content (AvgIpc) is 2.58. The summed E-state index contributed by atoms with van der Waals surface area (Å²) in [7, 11) is 2.03. The first kappa shape index (κ1) is 22.8. The highest BCUT2D eigenvalue weighted by Gasteiger charge is 2.21. The first-order valence-corrected chi connectivity index (χ1v) is 9.39. The fraction of sp³-hybridized carbons (Fsp3) is 0.667. The van der Waals surface area contributed by atoms with Gasteiger partial charge in [0, 0.05) is 6.61 Å². The lowest BCUT2D eigenvalue weighted by atomic mass is 10.0. The van der Waals surface area contributed by atoms with Gasteiger partial charge in [-0.25, -0.2) is 0 Å². The van der Waals surface area contributed by atoms with Crippen LogP contribution in [0.1, 0.15) is 65.4 Å². The van der Waals surface area contributed by atoms with Crippen molar-refractivity contribution in [3.8, 4) is 0 Å². The maximum Gasteiger partial charge on any atom is 0.146 e. The molecule has 1 unspecified atom stereocenters. The molecule has 0 bridgehead atoms. The van der Waals surface area contributed by atoms with Gasteiger partial charge in [0.1, 0.15) is 5.78 Å². The van der Waals surface area contributed by atoms with E-state index < -0.39 is 0 Å². The van der Waals surface area contributed by atoms with E-state index in [1.165, 1.54) is 24.8 Å². The van der Waals surface area contributed by atoms with Crippen molar-refractivity contribution in [1.82, 2.24) is 4.90 Å². The van der Waals surface area contributed by atoms with Crippen LogP contribution in [0.25, 0.3) is 0 Å². The molecule has 0 amide bonds. The number of likely N-dealkylation sites (N-methyl/N-ethyl adjacent to an activating group) is 1. The molecular formula is C21H37NO2. The monoisotopic (exact) mass is 335 g/mol. The number of ketones is 1. The molecule has 3 heteroatoms. The molecule has 1 aliphatic heterocycles. The lowest BCUT2D eigenvalue weighted by Gasteiger charge is -2.30. The second-order valence-corrected chi connectivity index (χ2v) is 6.35. The van der Waals surface area contributed by atoms with Gasteiger partial charge in [-0.15, -0.1) is 0 Å². The Morgan fingerprint density at radius 2 is 1.79 bits per heavy atom. The van der Waals surface area contributed by atoms with Crippen molar-refractivity contribution in [2.45, 2.75) is 72.4 Å². The molecule has 0 saturated carbocycles. The number of carbonyl (C=O) groups excluding carboxylic acids is 1. The topological polar surface area (TPSA) is 29.5 Å². The number of Topliss-reactive ketones (excluding diaryl/α,β-unsaturated/α-hetero) is 1. The molecule has 138 valence electrons. The van der Waals surface area contributed by atoms with Crippen molar-refractivity contribution >= 4 is 5.78 Å². The smallest absolute Gasteiger partial charge is 0.146 e. The van der Waals surface area contributed by atoms with E-state index in [0.29, 0.717) is 5.78 Å². The zero-order valence-electron chi connectivity index (χ0n) is 16.4. The Hall–Kier alpha value is -1.19. The molecule has 24 heavy (non-hydrogen) atoms. The number of likely N-dealkylation sites (tertiary alicyclic amines) is 1. The van der Waals surface area contributed by atoms with E-state index in [4.69, 9.17) is 4.74 Å². The molecule has 1 aromatic carbocycles. The summed E-state index contributed by atoms with van der Waals surface area (Å²) in [6.45, 7) is 10.7. The lowest BCUT2D eigenvalue weighted by molar-refractivity contribution is -0.122. The molecule has 1 aromatic rings. The Bertz CT molecular complexity index is 406. The van der Waals surface area contributed by atoms with Gasteiger partial charge in [0.05, 0.1) is 12.6 Å². The number of rotatable bonds is 5. The minimum Gasteiger partial charge on any atom is -0.377 e. The van der Waals surface area contributed by atoms with Gasteiger partial charge >= 0.3 is 0 Å². The van der Waals surface area contributed by atoms with Crippen LogP contribution in [-0.2, 0) is 16.1 Å². The quantitative estimate of drug-likeness (QED) is 0.702. The van der Waals surface area contributed by atoms with E-state index in [9.17, 15) is 4.79 Å². The van der Waals surface area contributed by atoms with Crippen molar-refractivity contribution in [2.24, 2.45) is 0 Å². The molecule has 0 aromatic heterocycles. The van der Waals surface area contributed by atoms with E-state index in [1.54, 1.807) is 6.92 Å². The van der Waals surface area contributed by atoms with Crippen molar-refractivity contribution in [1.29, 1.82) is 0 Å². The Morgan fingerprint density at radius 3 is 2.25 bits per heavy atom. The minimum absolute atomic E-state index is 0.216. The number of piperidine rings is 1. The van der Waals surface area contributed by atoms with E-state index in [0.717, 1.165) is 32.6 Å². The molecule has 1 atom stereocenters. The van der Waals surface area contributed by atoms with Crippen LogP contribution in [0.5, 0.6) is 0 Å². The third-order valence-electron chi connectivity index (χ3n) is 3.70. The minimum atomic E-state index is 0.216. The highest BCUT2D eigenvalue weighted by Crippen LogP contribution is 2.14. The summed E-state index contributed by atoms with van der Waals surface area (Å²) in [4.78, 5) is 13.1. The number of hydrogen-bond acceptors (Lipinski definition) is 3. The van der Waals surface area contributed by atoms with Crippen LogP contribution < -0.4 is 0 Å². The fourth-order valence-corrected chi connectivity index (χ4v) is 2.50. The van der Waals surface area contributed by atoms with Crippen LogP contribution in [0.15, 0.2) is 30.3 Å². The third kappa shape index (κ3) is 11.4. The van der Waals surface area contributed by atoms with Gasteiger partial charge in [0.2, 0.25) is 0 Å². The van der Waals surface area contributed by atoms with Crippen LogP contribution in [0.3, 0.4) is 0 Å². The summed E-state index contributed by atoms with van der Waals surface area (Å²) < 4.78 is 5.37. The molecule has 1 saturated heterocycles. The summed E-state index contributed by atoms with van der Waals surface area (Å²) in [5.74, 6) is 0.321. The number of benzene rings is 1. The van der Waals surface area contributed by atoms with E-state index in [1.807, 2.05) is 25.2 Å². The Morgan fingerprint density at radius 1 is 1.17 bits per heavy atom. The Kier molecular flexibility index (Phi) is 14.6. The molecule has 0 radical (unpaired) electrons. The Labute approximate surface area is 149 Å². The number of ether oxygens (including phenoxy) is 1. The van der Waals surface area contributed by atoms with Gasteiger partial charge in [0.15, 0.2) is 0 Å². The molecule has 3 nitrogen and oxygen atoms in total. The fourth-order valence-electron chi connectivity index (χ4n) is 2.50.